The van der Waals surface area contributed by atoms with Crippen LogP contribution < -0.4 is 11.5 Å². The zero-order valence-corrected chi connectivity index (χ0v) is 10.7. The van der Waals surface area contributed by atoms with Crippen LogP contribution in [0.2, 0.25) is 0 Å². The maximum Gasteiger partial charge on any atom is 0.186 e. The Bertz CT molecular complexity index is 339. The van der Waals surface area contributed by atoms with E-state index in [2.05, 4.69) is 25.1 Å². The summed E-state index contributed by atoms with van der Waals surface area (Å²) < 4.78 is 12.8. The molecule has 0 saturated carbocycles. The van der Waals surface area contributed by atoms with Gasteiger partial charge in [-0.3, -0.25) is 0 Å². The lowest BCUT2D eigenvalue weighted by Gasteiger charge is -2.09. The number of nitrogens with two attached hydrogens (primary N) is 2. The molecule has 4 N–H and O–H groups in total. The first-order chi connectivity index (χ1) is 7.88. The van der Waals surface area contributed by atoms with Gasteiger partial charge in [0, 0.05) is 12.6 Å². The van der Waals surface area contributed by atoms with Crippen molar-refractivity contribution in [3.8, 4) is 0 Å². The number of hydrogen-bond donors (Lipinski definition) is 2. The maximum atomic E-state index is 12.8. The molecular formula is C13H22FN3. The third-order valence-electron chi connectivity index (χ3n) is 2.42. The second-order valence-electron chi connectivity index (χ2n) is 4.10. The average molecular weight is 239 g/mol. The predicted octanol–water partition coefficient (Wildman–Crippen LogP) is 3.01. The minimum Gasteiger partial charge on any atom is -0.397 e. The Morgan fingerprint density at radius 3 is 2.47 bits per heavy atom. The van der Waals surface area contributed by atoms with Crippen molar-refractivity contribution in [1.82, 2.24) is 0 Å². The summed E-state index contributed by atoms with van der Waals surface area (Å²) in [5.41, 5.74) is 12.2. The smallest absolute Gasteiger partial charge is 0.186 e. The molecule has 0 aromatic rings. The van der Waals surface area contributed by atoms with Crippen molar-refractivity contribution in [3.63, 3.8) is 0 Å². The van der Waals surface area contributed by atoms with Gasteiger partial charge < -0.3 is 11.5 Å². The van der Waals surface area contributed by atoms with E-state index < -0.39 is 5.97 Å². The molecule has 0 saturated heterocycles. The molecule has 17 heavy (non-hydrogen) atoms. The highest BCUT2D eigenvalue weighted by atomic mass is 19.1. The SMILES string of the molecule is C=CC(C)CCC/C(N=C(C)F)=C(\N)C(=C)N. The molecule has 0 aliphatic rings. The second kappa shape index (κ2) is 7.65. The average Bonchev–Trinajstić information content (AvgIpc) is 2.25. The van der Waals surface area contributed by atoms with Crippen LogP contribution in [0.15, 0.2) is 41.3 Å². The van der Waals surface area contributed by atoms with E-state index >= 15 is 0 Å². The van der Waals surface area contributed by atoms with Crippen molar-refractivity contribution in [3.05, 3.63) is 36.3 Å². The fourth-order valence-corrected chi connectivity index (χ4v) is 1.33. The van der Waals surface area contributed by atoms with Crippen molar-refractivity contribution in [1.29, 1.82) is 0 Å². The molecule has 96 valence electrons. The number of halogens is 1. The van der Waals surface area contributed by atoms with Gasteiger partial charge >= 0.3 is 0 Å². The van der Waals surface area contributed by atoms with E-state index in [-0.39, 0.29) is 11.4 Å². The van der Waals surface area contributed by atoms with Crippen molar-refractivity contribution >= 4 is 5.97 Å². The molecule has 1 atom stereocenters. The molecule has 0 spiro atoms. The largest absolute Gasteiger partial charge is 0.397 e. The van der Waals surface area contributed by atoms with Crippen LogP contribution in [-0.4, -0.2) is 5.97 Å². The second-order valence-corrected chi connectivity index (χ2v) is 4.10. The zero-order valence-electron chi connectivity index (χ0n) is 10.7. The van der Waals surface area contributed by atoms with Gasteiger partial charge in [0.15, 0.2) is 5.97 Å². The quantitative estimate of drug-likeness (QED) is 0.407. The van der Waals surface area contributed by atoms with Gasteiger partial charge in [-0.15, -0.1) is 6.58 Å². The van der Waals surface area contributed by atoms with Gasteiger partial charge in [-0.2, -0.15) is 4.39 Å². The Kier molecular flexibility index (Phi) is 6.94. The van der Waals surface area contributed by atoms with E-state index in [1.807, 2.05) is 6.08 Å². The molecule has 0 radical (unpaired) electrons. The van der Waals surface area contributed by atoms with Crippen LogP contribution in [0.3, 0.4) is 0 Å². The van der Waals surface area contributed by atoms with Crippen molar-refractivity contribution < 1.29 is 4.39 Å². The number of allylic oxidation sites excluding steroid dienone is 2. The van der Waals surface area contributed by atoms with Crippen molar-refractivity contribution in [2.45, 2.75) is 33.1 Å². The third-order valence-corrected chi connectivity index (χ3v) is 2.42. The third kappa shape index (κ3) is 6.56. The molecule has 0 amide bonds. The lowest BCUT2D eigenvalue weighted by Crippen LogP contribution is -2.11. The van der Waals surface area contributed by atoms with Crippen LogP contribution in [0.1, 0.15) is 33.1 Å². The highest BCUT2D eigenvalue weighted by Gasteiger charge is 2.06. The van der Waals surface area contributed by atoms with Gasteiger partial charge in [0.05, 0.1) is 11.4 Å². The summed E-state index contributed by atoms with van der Waals surface area (Å²) in [6, 6.07) is 0. The zero-order chi connectivity index (χ0) is 13.4. The molecule has 4 heteroatoms. The summed E-state index contributed by atoms with van der Waals surface area (Å²) >= 11 is 0. The highest BCUT2D eigenvalue weighted by molar-refractivity contribution is 5.73. The van der Waals surface area contributed by atoms with Gasteiger partial charge in [0.2, 0.25) is 0 Å². The molecule has 0 aliphatic heterocycles. The molecule has 3 nitrogen and oxygen atoms in total. The fourth-order valence-electron chi connectivity index (χ4n) is 1.33. The number of hydrogen-bond acceptors (Lipinski definition) is 3. The van der Waals surface area contributed by atoms with E-state index in [9.17, 15) is 4.39 Å². The first kappa shape index (κ1) is 15.4. The Hall–Kier alpha value is -1.58. The Morgan fingerprint density at radius 2 is 2.06 bits per heavy atom. The summed E-state index contributed by atoms with van der Waals surface area (Å²) in [7, 11) is 0. The molecule has 0 aromatic heterocycles. The van der Waals surface area contributed by atoms with Crippen molar-refractivity contribution in [2.24, 2.45) is 22.4 Å². The summed E-state index contributed by atoms with van der Waals surface area (Å²) in [5.74, 6) is -0.102. The van der Waals surface area contributed by atoms with E-state index in [0.29, 0.717) is 18.0 Å². The molecule has 0 heterocycles. The van der Waals surface area contributed by atoms with Crippen LogP contribution in [-0.2, 0) is 0 Å². The number of nitrogens with zero attached hydrogens (tertiary/aromatic N) is 1. The van der Waals surface area contributed by atoms with Crippen LogP contribution in [0.5, 0.6) is 0 Å². The maximum absolute atomic E-state index is 12.8. The molecule has 0 rings (SSSR count). The monoisotopic (exact) mass is 239 g/mol. The molecular weight excluding hydrogens is 217 g/mol. The summed E-state index contributed by atoms with van der Waals surface area (Å²) in [4.78, 5) is 3.76. The Balaban J connectivity index is 4.64. The number of rotatable bonds is 7. The summed E-state index contributed by atoms with van der Waals surface area (Å²) in [5, 5.41) is 0. The van der Waals surface area contributed by atoms with E-state index in [4.69, 9.17) is 11.5 Å². The molecule has 0 aliphatic carbocycles. The van der Waals surface area contributed by atoms with Crippen LogP contribution >= 0.6 is 0 Å². The normalized spacial score (nSPS) is 15.1. The van der Waals surface area contributed by atoms with E-state index in [0.717, 1.165) is 12.8 Å². The lowest BCUT2D eigenvalue weighted by molar-refractivity contribution is 0.602. The molecule has 0 bridgehead atoms. The standard InChI is InChI=1S/C13H22FN3/c1-5-9(2)7-6-8-12(17-11(4)14)13(16)10(3)15/h5,9H,1,3,6-8,15-16H2,2,4H3/b13-12+,17-11?. The van der Waals surface area contributed by atoms with E-state index in [1.165, 1.54) is 6.92 Å². The van der Waals surface area contributed by atoms with Gasteiger partial charge in [0.25, 0.3) is 0 Å². The molecule has 1 unspecified atom stereocenters. The van der Waals surface area contributed by atoms with Crippen LogP contribution in [0.25, 0.3) is 0 Å². The topological polar surface area (TPSA) is 64.4 Å². The molecule has 0 aromatic carbocycles. The summed E-state index contributed by atoms with van der Waals surface area (Å²) in [6.07, 6.45) is 4.28. The predicted molar refractivity (Wildman–Crippen MR) is 72.0 cm³/mol. The minimum atomic E-state index is -0.527. The van der Waals surface area contributed by atoms with Crippen molar-refractivity contribution in [2.75, 3.05) is 0 Å². The fraction of sp³-hybridized carbons (Fsp3) is 0.462. The molecule has 0 fully saturated rings. The highest BCUT2D eigenvalue weighted by Crippen LogP contribution is 2.17. The number of aliphatic imine (C=N–C) groups is 1. The Labute approximate surface area is 103 Å². The minimum absolute atomic E-state index is 0.224. The Morgan fingerprint density at radius 1 is 1.47 bits per heavy atom. The van der Waals surface area contributed by atoms with Gasteiger partial charge in [-0.05, 0) is 25.2 Å². The van der Waals surface area contributed by atoms with E-state index in [1.54, 1.807) is 0 Å². The van der Waals surface area contributed by atoms with Gasteiger partial charge in [-0.1, -0.05) is 19.6 Å². The summed E-state index contributed by atoms with van der Waals surface area (Å²) in [6.45, 7) is 10.6. The first-order valence-corrected chi connectivity index (χ1v) is 5.65. The van der Waals surface area contributed by atoms with Gasteiger partial charge in [-0.25, -0.2) is 4.99 Å². The lowest BCUT2D eigenvalue weighted by atomic mass is 10.0. The van der Waals surface area contributed by atoms with Crippen LogP contribution in [0.4, 0.5) is 4.39 Å². The van der Waals surface area contributed by atoms with Crippen LogP contribution in [0, 0.1) is 5.92 Å². The first-order valence-electron chi connectivity index (χ1n) is 5.65. The van der Waals surface area contributed by atoms with Gasteiger partial charge in [0.1, 0.15) is 0 Å².